The Morgan fingerprint density at radius 2 is 1.73 bits per heavy atom. The second kappa shape index (κ2) is 5.47. The lowest BCUT2D eigenvalue weighted by Crippen LogP contribution is -2.54. The summed E-state index contributed by atoms with van der Waals surface area (Å²) in [5.74, 6) is 1.53. The molecule has 0 unspecified atom stereocenters. The number of anilines is 1. The van der Waals surface area contributed by atoms with E-state index in [-0.39, 0.29) is 0 Å². The van der Waals surface area contributed by atoms with Crippen molar-refractivity contribution < 1.29 is 10.3 Å². The van der Waals surface area contributed by atoms with E-state index in [1.165, 1.54) is 24.9 Å². The minimum Gasteiger partial charge on any atom is -0.508 e. The first-order valence-corrected chi connectivity index (χ1v) is 8.26. The number of oxime groups is 1. The van der Waals surface area contributed by atoms with Gasteiger partial charge in [-0.1, -0.05) is 5.16 Å². The lowest BCUT2D eigenvalue weighted by Gasteiger charge is -2.41. The van der Waals surface area contributed by atoms with Crippen molar-refractivity contribution in [2.24, 2.45) is 17.0 Å². The van der Waals surface area contributed by atoms with E-state index in [0.717, 1.165) is 31.9 Å². The Kier molecular flexibility index (Phi) is 3.45. The number of phenols is 1. The Bertz CT molecular complexity index is 564. The van der Waals surface area contributed by atoms with Gasteiger partial charge in [0, 0.05) is 37.8 Å². The molecule has 0 amide bonds. The van der Waals surface area contributed by atoms with Gasteiger partial charge in [0.25, 0.3) is 0 Å². The Labute approximate surface area is 130 Å². The van der Waals surface area contributed by atoms with Crippen molar-refractivity contribution in [2.45, 2.75) is 25.3 Å². The molecule has 22 heavy (non-hydrogen) atoms. The van der Waals surface area contributed by atoms with E-state index < -0.39 is 0 Å². The summed E-state index contributed by atoms with van der Waals surface area (Å²) in [5, 5.41) is 22.4. The summed E-state index contributed by atoms with van der Waals surface area (Å²) >= 11 is 0. The van der Waals surface area contributed by atoms with E-state index in [0.29, 0.717) is 23.6 Å². The minimum absolute atomic E-state index is 0.313. The fourth-order valence-corrected chi connectivity index (χ4v) is 4.60. The van der Waals surface area contributed by atoms with Crippen LogP contribution in [0.25, 0.3) is 0 Å². The summed E-state index contributed by atoms with van der Waals surface area (Å²) in [6.45, 7) is 3.98. The molecule has 2 saturated carbocycles. The summed E-state index contributed by atoms with van der Waals surface area (Å²) < 4.78 is 0. The van der Waals surface area contributed by atoms with Crippen LogP contribution in [0.15, 0.2) is 29.4 Å². The first-order chi connectivity index (χ1) is 10.8. The zero-order valence-electron chi connectivity index (χ0n) is 12.7. The fourth-order valence-electron chi connectivity index (χ4n) is 4.60. The number of nitrogens with zero attached hydrogens (tertiary/aromatic N) is 3. The number of rotatable bonds is 2. The van der Waals surface area contributed by atoms with Crippen molar-refractivity contribution >= 4 is 11.4 Å². The van der Waals surface area contributed by atoms with Crippen LogP contribution in [0.1, 0.15) is 19.3 Å². The molecule has 5 nitrogen and oxygen atoms in total. The topological polar surface area (TPSA) is 59.3 Å². The molecule has 3 fully saturated rings. The van der Waals surface area contributed by atoms with E-state index in [1.54, 1.807) is 12.1 Å². The Morgan fingerprint density at radius 1 is 1.00 bits per heavy atom. The van der Waals surface area contributed by atoms with Crippen LogP contribution in [0.4, 0.5) is 5.69 Å². The SMILES string of the molecule is O/N=C1\[C@H]2CC[C@H](C2)[C@@H]1N1CCN(c2ccc(O)cc2)CC1. The van der Waals surface area contributed by atoms with Crippen molar-refractivity contribution in [3.8, 4) is 5.75 Å². The molecule has 1 aliphatic heterocycles. The van der Waals surface area contributed by atoms with Gasteiger partial charge >= 0.3 is 0 Å². The predicted molar refractivity (Wildman–Crippen MR) is 85.7 cm³/mol. The van der Waals surface area contributed by atoms with Gasteiger partial charge in [0.05, 0.1) is 11.8 Å². The first kappa shape index (κ1) is 13.9. The van der Waals surface area contributed by atoms with E-state index in [2.05, 4.69) is 15.0 Å². The predicted octanol–water partition coefficient (Wildman–Crippen LogP) is 2.14. The van der Waals surface area contributed by atoms with Gasteiger partial charge < -0.3 is 15.2 Å². The smallest absolute Gasteiger partial charge is 0.115 e. The lowest BCUT2D eigenvalue weighted by molar-refractivity contribution is 0.181. The number of benzene rings is 1. The van der Waals surface area contributed by atoms with Crippen LogP contribution < -0.4 is 4.90 Å². The molecule has 5 heteroatoms. The molecule has 0 aromatic heterocycles. The van der Waals surface area contributed by atoms with Gasteiger partial charge in [-0.15, -0.1) is 0 Å². The Morgan fingerprint density at radius 3 is 2.41 bits per heavy atom. The first-order valence-electron chi connectivity index (χ1n) is 8.26. The van der Waals surface area contributed by atoms with Crippen LogP contribution in [-0.4, -0.2) is 53.1 Å². The lowest BCUT2D eigenvalue weighted by atomic mass is 9.91. The molecule has 2 bridgehead atoms. The number of hydrogen-bond acceptors (Lipinski definition) is 5. The summed E-state index contributed by atoms with van der Waals surface area (Å²) in [6.07, 6.45) is 3.70. The number of fused-ring (bicyclic) bond motifs is 2. The van der Waals surface area contributed by atoms with Crippen molar-refractivity contribution in [1.82, 2.24) is 4.90 Å². The third kappa shape index (κ3) is 2.24. The zero-order valence-corrected chi connectivity index (χ0v) is 12.7. The van der Waals surface area contributed by atoms with Crippen molar-refractivity contribution in [3.05, 3.63) is 24.3 Å². The molecule has 3 atom stereocenters. The standard InChI is InChI=1S/C17H23N3O2/c21-15-5-3-14(4-6-15)19-7-9-20(10-8-19)17-13-2-1-12(11-13)16(17)18-22/h3-6,12-13,17,21-22H,1-2,7-11H2/b18-16+/t12-,13+,17-/m0/s1. The van der Waals surface area contributed by atoms with Crippen molar-refractivity contribution in [1.29, 1.82) is 0 Å². The number of aromatic hydroxyl groups is 1. The molecule has 1 aromatic carbocycles. The maximum Gasteiger partial charge on any atom is 0.115 e. The molecule has 0 radical (unpaired) electrons. The molecule has 118 valence electrons. The van der Waals surface area contributed by atoms with Crippen LogP contribution >= 0.6 is 0 Å². The largest absolute Gasteiger partial charge is 0.508 e. The number of piperazine rings is 1. The van der Waals surface area contributed by atoms with Gasteiger partial charge in [-0.3, -0.25) is 4.90 Å². The highest BCUT2D eigenvalue weighted by Crippen LogP contribution is 2.45. The van der Waals surface area contributed by atoms with E-state index in [1.807, 2.05) is 12.1 Å². The normalized spacial score (nSPS) is 33.7. The van der Waals surface area contributed by atoms with E-state index >= 15 is 0 Å². The molecular weight excluding hydrogens is 278 g/mol. The van der Waals surface area contributed by atoms with Crippen LogP contribution in [0.2, 0.25) is 0 Å². The maximum atomic E-state index is 9.39. The van der Waals surface area contributed by atoms with Gasteiger partial charge in [-0.05, 0) is 49.4 Å². The van der Waals surface area contributed by atoms with Gasteiger partial charge in [0.2, 0.25) is 0 Å². The van der Waals surface area contributed by atoms with Crippen LogP contribution in [-0.2, 0) is 0 Å². The Hall–Kier alpha value is -1.75. The zero-order chi connectivity index (χ0) is 15.1. The molecule has 0 spiro atoms. The van der Waals surface area contributed by atoms with E-state index in [9.17, 15) is 10.3 Å². The second-order valence-electron chi connectivity index (χ2n) is 6.78. The summed E-state index contributed by atoms with van der Waals surface area (Å²) in [5.41, 5.74) is 2.20. The quantitative estimate of drug-likeness (QED) is 0.649. The average molecular weight is 301 g/mol. The number of phenolic OH excluding ortho intramolecular Hbond substituents is 1. The van der Waals surface area contributed by atoms with Gasteiger partial charge in [0.1, 0.15) is 5.75 Å². The van der Waals surface area contributed by atoms with Crippen molar-refractivity contribution in [2.75, 3.05) is 31.1 Å². The highest BCUT2D eigenvalue weighted by atomic mass is 16.4. The van der Waals surface area contributed by atoms with Gasteiger partial charge in [-0.25, -0.2) is 0 Å². The molecule has 2 N–H and O–H groups in total. The van der Waals surface area contributed by atoms with E-state index in [4.69, 9.17) is 0 Å². The minimum atomic E-state index is 0.313. The van der Waals surface area contributed by atoms with Gasteiger partial charge in [0.15, 0.2) is 0 Å². The summed E-state index contributed by atoms with van der Waals surface area (Å²) in [7, 11) is 0. The highest BCUT2D eigenvalue weighted by molar-refractivity contribution is 5.94. The van der Waals surface area contributed by atoms with Crippen LogP contribution in [0.3, 0.4) is 0 Å². The highest BCUT2D eigenvalue weighted by Gasteiger charge is 2.48. The van der Waals surface area contributed by atoms with Crippen LogP contribution in [0.5, 0.6) is 5.75 Å². The van der Waals surface area contributed by atoms with Crippen LogP contribution in [0, 0.1) is 11.8 Å². The Balaban J connectivity index is 1.43. The van der Waals surface area contributed by atoms with Crippen molar-refractivity contribution in [3.63, 3.8) is 0 Å². The monoisotopic (exact) mass is 301 g/mol. The molecule has 1 saturated heterocycles. The molecular formula is C17H23N3O2. The average Bonchev–Trinajstić information content (AvgIpc) is 3.16. The third-order valence-corrected chi connectivity index (χ3v) is 5.68. The molecule has 3 aliphatic rings. The molecule has 1 heterocycles. The third-order valence-electron chi connectivity index (χ3n) is 5.68. The maximum absolute atomic E-state index is 9.39. The second-order valence-corrected chi connectivity index (χ2v) is 6.78. The summed E-state index contributed by atoms with van der Waals surface area (Å²) in [6, 6.07) is 7.81. The molecule has 1 aromatic rings. The molecule has 4 rings (SSSR count). The molecule has 2 aliphatic carbocycles. The van der Waals surface area contributed by atoms with Gasteiger partial charge in [-0.2, -0.15) is 0 Å². The fraction of sp³-hybridized carbons (Fsp3) is 0.588. The number of hydrogen-bond donors (Lipinski definition) is 2. The summed E-state index contributed by atoms with van der Waals surface area (Å²) in [4.78, 5) is 4.87.